The second kappa shape index (κ2) is 4.86. The monoisotopic (exact) mass is 267 g/mol. The Morgan fingerprint density at radius 2 is 1.85 bits per heavy atom. The fraction of sp³-hybridized carbons (Fsp3) is 0.333. The molecule has 1 atom stereocenters. The van der Waals surface area contributed by atoms with Crippen LogP contribution in [0.25, 0.3) is 0 Å². The number of hydrogen-bond donors (Lipinski definition) is 1. The molecule has 2 aromatic rings. The third kappa shape index (κ3) is 2.38. The highest BCUT2D eigenvalue weighted by Crippen LogP contribution is 2.43. The zero-order chi connectivity index (χ0) is 14.2. The minimum atomic E-state index is 0.0832. The van der Waals surface area contributed by atoms with E-state index in [2.05, 4.69) is 67.7 Å². The summed E-state index contributed by atoms with van der Waals surface area (Å²) in [6.07, 6.45) is 1.09. The molecule has 104 valence electrons. The lowest BCUT2D eigenvalue weighted by molar-refractivity contribution is 0.413. The molecule has 0 aromatic heterocycles. The van der Waals surface area contributed by atoms with E-state index in [1.807, 2.05) is 0 Å². The Kier molecular flexibility index (Phi) is 3.17. The average molecular weight is 267 g/mol. The molecular formula is C18H21NO. The van der Waals surface area contributed by atoms with Crippen molar-refractivity contribution in [1.82, 2.24) is 0 Å². The predicted octanol–water partition coefficient (Wildman–Crippen LogP) is 4.42. The molecule has 1 heterocycles. The van der Waals surface area contributed by atoms with E-state index in [-0.39, 0.29) is 5.54 Å². The van der Waals surface area contributed by atoms with Gasteiger partial charge in [0.25, 0.3) is 0 Å². The van der Waals surface area contributed by atoms with Crippen LogP contribution >= 0.6 is 0 Å². The number of hydrogen-bond acceptors (Lipinski definition) is 2. The molecule has 0 amide bonds. The van der Waals surface area contributed by atoms with Gasteiger partial charge in [-0.1, -0.05) is 36.4 Å². The highest BCUT2D eigenvalue weighted by atomic mass is 16.5. The standard InChI is InChI=1S/C18H21NO/c1-18(2)12-16(13-7-5-4-6-8-13)15-10-9-14(20-3)11-17(15)19-18/h4-11,16,19H,12H2,1-3H3. The largest absolute Gasteiger partial charge is 0.497 e. The van der Waals surface area contributed by atoms with Crippen molar-refractivity contribution in [3.05, 3.63) is 59.7 Å². The summed E-state index contributed by atoms with van der Waals surface area (Å²) >= 11 is 0. The maximum atomic E-state index is 5.35. The van der Waals surface area contributed by atoms with E-state index >= 15 is 0 Å². The molecule has 3 rings (SSSR count). The molecule has 1 aliphatic heterocycles. The van der Waals surface area contributed by atoms with Gasteiger partial charge in [0, 0.05) is 23.2 Å². The Balaban J connectivity index is 2.09. The van der Waals surface area contributed by atoms with Gasteiger partial charge in [-0.2, -0.15) is 0 Å². The van der Waals surface area contributed by atoms with Crippen molar-refractivity contribution < 1.29 is 4.74 Å². The lowest BCUT2D eigenvalue weighted by atomic mass is 9.77. The van der Waals surface area contributed by atoms with Crippen molar-refractivity contribution in [1.29, 1.82) is 0 Å². The average Bonchev–Trinajstić information content (AvgIpc) is 2.45. The smallest absolute Gasteiger partial charge is 0.120 e. The van der Waals surface area contributed by atoms with Crippen LogP contribution in [0.15, 0.2) is 48.5 Å². The first-order valence-corrected chi connectivity index (χ1v) is 7.10. The van der Waals surface area contributed by atoms with Gasteiger partial charge < -0.3 is 10.1 Å². The van der Waals surface area contributed by atoms with Crippen molar-refractivity contribution in [2.45, 2.75) is 31.7 Å². The minimum absolute atomic E-state index is 0.0832. The molecule has 1 N–H and O–H groups in total. The van der Waals surface area contributed by atoms with Gasteiger partial charge in [0.15, 0.2) is 0 Å². The molecule has 0 bridgehead atoms. The maximum absolute atomic E-state index is 5.35. The van der Waals surface area contributed by atoms with Crippen LogP contribution in [-0.2, 0) is 0 Å². The summed E-state index contributed by atoms with van der Waals surface area (Å²) in [4.78, 5) is 0. The van der Waals surface area contributed by atoms with Crippen LogP contribution in [0.3, 0.4) is 0 Å². The normalized spacial score (nSPS) is 19.9. The minimum Gasteiger partial charge on any atom is -0.497 e. The van der Waals surface area contributed by atoms with Crippen LogP contribution in [0.2, 0.25) is 0 Å². The number of rotatable bonds is 2. The van der Waals surface area contributed by atoms with Gasteiger partial charge in [-0.15, -0.1) is 0 Å². The van der Waals surface area contributed by atoms with Gasteiger partial charge in [-0.05, 0) is 37.5 Å². The molecule has 1 aliphatic rings. The third-order valence-corrected chi connectivity index (χ3v) is 4.03. The van der Waals surface area contributed by atoms with E-state index in [1.54, 1.807) is 7.11 Å². The van der Waals surface area contributed by atoms with Crippen molar-refractivity contribution in [3.63, 3.8) is 0 Å². The molecule has 0 aliphatic carbocycles. The van der Waals surface area contributed by atoms with Gasteiger partial charge in [0.05, 0.1) is 7.11 Å². The molecule has 2 aromatic carbocycles. The first-order chi connectivity index (χ1) is 9.59. The summed E-state index contributed by atoms with van der Waals surface area (Å²) in [7, 11) is 1.71. The number of fused-ring (bicyclic) bond motifs is 1. The van der Waals surface area contributed by atoms with E-state index in [1.165, 1.54) is 16.8 Å². The number of nitrogens with one attached hydrogen (secondary N) is 1. The van der Waals surface area contributed by atoms with E-state index in [0.717, 1.165) is 12.2 Å². The van der Waals surface area contributed by atoms with Crippen molar-refractivity contribution in [2.75, 3.05) is 12.4 Å². The Labute approximate surface area is 120 Å². The van der Waals surface area contributed by atoms with Gasteiger partial charge in [0.1, 0.15) is 5.75 Å². The molecule has 0 spiro atoms. The van der Waals surface area contributed by atoms with Crippen molar-refractivity contribution in [3.8, 4) is 5.75 Å². The van der Waals surface area contributed by atoms with E-state index < -0.39 is 0 Å². The number of anilines is 1. The topological polar surface area (TPSA) is 21.3 Å². The van der Waals surface area contributed by atoms with Crippen LogP contribution in [-0.4, -0.2) is 12.6 Å². The molecule has 0 fully saturated rings. The van der Waals surface area contributed by atoms with Crippen LogP contribution in [0.4, 0.5) is 5.69 Å². The molecule has 20 heavy (non-hydrogen) atoms. The van der Waals surface area contributed by atoms with Crippen LogP contribution < -0.4 is 10.1 Å². The Bertz CT molecular complexity index is 604. The lowest BCUT2D eigenvalue weighted by Crippen LogP contribution is -2.37. The molecule has 0 saturated carbocycles. The zero-order valence-corrected chi connectivity index (χ0v) is 12.3. The number of benzene rings is 2. The fourth-order valence-electron chi connectivity index (χ4n) is 3.09. The number of ether oxygens (including phenoxy) is 1. The van der Waals surface area contributed by atoms with Crippen LogP contribution in [0.5, 0.6) is 5.75 Å². The van der Waals surface area contributed by atoms with Crippen LogP contribution in [0.1, 0.15) is 37.3 Å². The number of methoxy groups -OCH3 is 1. The van der Waals surface area contributed by atoms with Crippen molar-refractivity contribution in [2.24, 2.45) is 0 Å². The van der Waals surface area contributed by atoms with E-state index in [4.69, 9.17) is 4.74 Å². The summed E-state index contributed by atoms with van der Waals surface area (Å²) in [5.41, 5.74) is 4.01. The molecule has 2 heteroatoms. The van der Waals surface area contributed by atoms with Gasteiger partial charge in [-0.25, -0.2) is 0 Å². The first kappa shape index (κ1) is 13.0. The Hall–Kier alpha value is -1.96. The molecule has 0 radical (unpaired) electrons. The maximum Gasteiger partial charge on any atom is 0.120 e. The molecule has 0 saturated heterocycles. The summed E-state index contributed by atoms with van der Waals surface area (Å²) in [6, 6.07) is 17.1. The third-order valence-electron chi connectivity index (χ3n) is 4.03. The first-order valence-electron chi connectivity index (χ1n) is 7.10. The fourth-order valence-corrected chi connectivity index (χ4v) is 3.09. The lowest BCUT2D eigenvalue weighted by Gasteiger charge is -2.39. The van der Waals surface area contributed by atoms with Crippen molar-refractivity contribution >= 4 is 5.69 Å². The van der Waals surface area contributed by atoms with Gasteiger partial charge in [0.2, 0.25) is 0 Å². The Morgan fingerprint density at radius 1 is 1.10 bits per heavy atom. The summed E-state index contributed by atoms with van der Waals surface area (Å²) in [6.45, 7) is 4.51. The molecule has 2 nitrogen and oxygen atoms in total. The van der Waals surface area contributed by atoms with Gasteiger partial charge >= 0.3 is 0 Å². The molecule has 1 unspecified atom stereocenters. The van der Waals surface area contributed by atoms with E-state index in [0.29, 0.717) is 5.92 Å². The van der Waals surface area contributed by atoms with Gasteiger partial charge in [-0.3, -0.25) is 0 Å². The second-order valence-corrected chi connectivity index (χ2v) is 6.13. The molecular weight excluding hydrogens is 246 g/mol. The SMILES string of the molecule is COc1ccc2c(c1)NC(C)(C)CC2c1ccccc1. The Morgan fingerprint density at radius 3 is 2.55 bits per heavy atom. The van der Waals surface area contributed by atoms with Crippen LogP contribution in [0, 0.1) is 0 Å². The van der Waals surface area contributed by atoms with E-state index in [9.17, 15) is 0 Å². The second-order valence-electron chi connectivity index (χ2n) is 6.13. The summed E-state index contributed by atoms with van der Waals surface area (Å²) in [5.74, 6) is 1.34. The highest BCUT2D eigenvalue weighted by molar-refractivity contribution is 5.62. The summed E-state index contributed by atoms with van der Waals surface area (Å²) in [5, 5.41) is 3.63. The summed E-state index contributed by atoms with van der Waals surface area (Å²) < 4.78 is 5.35. The predicted molar refractivity (Wildman–Crippen MR) is 83.6 cm³/mol. The quantitative estimate of drug-likeness (QED) is 0.869. The zero-order valence-electron chi connectivity index (χ0n) is 12.3. The highest BCUT2D eigenvalue weighted by Gasteiger charge is 2.32.